The smallest absolute Gasteiger partial charge is 0.128 e. The number of nitrogens with zero attached hydrogens (tertiary/aromatic N) is 2. The summed E-state index contributed by atoms with van der Waals surface area (Å²) in [5, 5.41) is 3.40. The monoisotopic (exact) mass is 263 g/mol. The molecule has 0 aliphatic carbocycles. The van der Waals surface area contributed by atoms with Gasteiger partial charge in [0.15, 0.2) is 0 Å². The quantitative estimate of drug-likeness (QED) is 0.798. The summed E-state index contributed by atoms with van der Waals surface area (Å²) >= 11 is 0. The Morgan fingerprint density at radius 1 is 1.42 bits per heavy atom. The lowest BCUT2D eigenvalue weighted by atomic mass is 10.1. The maximum Gasteiger partial charge on any atom is 0.128 e. The number of hydrogen-bond acceptors (Lipinski definition) is 4. The van der Waals surface area contributed by atoms with Crippen LogP contribution in [0, 0.1) is 0 Å². The van der Waals surface area contributed by atoms with Crippen LogP contribution in [0.3, 0.4) is 0 Å². The van der Waals surface area contributed by atoms with E-state index in [1.54, 1.807) is 0 Å². The zero-order valence-electron chi connectivity index (χ0n) is 12.1. The van der Waals surface area contributed by atoms with Gasteiger partial charge in [0.1, 0.15) is 5.82 Å². The molecule has 1 aliphatic rings. The van der Waals surface area contributed by atoms with Gasteiger partial charge in [-0.2, -0.15) is 0 Å². The van der Waals surface area contributed by atoms with Crippen molar-refractivity contribution in [3.8, 4) is 0 Å². The minimum Gasteiger partial charge on any atom is -0.377 e. The van der Waals surface area contributed by atoms with E-state index in [-0.39, 0.29) is 0 Å². The number of pyridine rings is 1. The first-order valence-corrected chi connectivity index (χ1v) is 7.35. The largest absolute Gasteiger partial charge is 0.377 e. The number of morpholine rings is 1. The van der Waals surface area contributed by atoms with Gasteiger partial charge in [-0.05, 0) is 31.0 Å². The molecule has 4 nitrogen and oxygen atoms in total. The van der Waals surface area contributed by atoms with Crippen LogP contribution >= 0.6 is 0 Å². The van der Waals surface area contributed by atoms with Gasteiger partial charge in [0.2, 0.25) is 0 Å². The summed E-state index contributed by atoms with van der Waals surface area (Å²) in [7, 11) is 0. The van der Waals surface area contributed by atoms with E-state index in [1.807, 2.05) is 6.20 Å². The molecule has 1 N–H and O–H groups in total. The average molecular weight is 263 g/mol. The Bertz CT molecular complexity index is 366. The molecule has 0 saturated carbocycles. The van der Waals surface area contributed by atoms with Crippen LogP contribution in [-0.4, -0.2) is 37.3 Å². The van der Waals surface area contributed by atoms with Crippen molar-refractivity contribution in [1.29, 1.82) is 0 Å². The number of hydrogen-bond donors (Lipinski definition) is 1. The van der Waals surface area contributed by atoms with Crippen LogP contribution in [0.25, 0.3) is 0 Å². The van der Waals surface area contributed by atoms with Gasteiger partial charge in [0, 0.05) is 19.3 Å². The van der Waals surface area contributed by atoms with Crippen molar-refractivity contribution < 1.29 is 4.74 Å². The van der Waals surface area contributed by atoms with Gasteiger partial charge in [0.25, 0.3) is 0 Å². The Kier molecular flexibility index (Phi) is 5.61. The second-order valence-corrected chi connectivity index (χ2v) is 5.03. The second-order valence-electron chi connectivity index (χ2n) is 5.03. The lowest BCUT2D eigenvalue weighted by molar-refractivity contribution is 0.0925. The molecule has 1 aromatic rings. The minimum absolute atomic E-state index is 0.463. The second kappa shape index (κ2) is 7.46. The highest BCUT2D eigenvalue weighted by atomic mass is 16.5. The molecule has 2 rings (SSSR count). The highest BCUT2D eigenvalue weighted by Gasteiger charge is 2.22. The molecule has 0 bridgehead atoms. The molecule has 1 aromatic heterocycles. The molecule has 106 valence electrons. The first kappa shape index (κ1) is 14.3. The molecule has 0 spiro atoms. The van der Waals surface area contributed by atoms with E-state index in [9.17, 15) is 0 Å². The summed E-state index contributed by atoms with van der Waals surface area (Å²) in [4.78, 5) is 6.98. The van der Waals surface area contributed by atoms with Crippen molar-refractivity contribution in [3.05, 3.63) is 23.9 Å². The van der Waals surface area contributed by atoms with Crippen molar-refractivity contribution in [2.24, 2.45) is 0 Å². The van der Waals surface area contributed by atoms with Crippen LogP contribution in [0.4, 0.5) is 5.82 Å². The van der Waals surface area contributed by atoms with Crippen LogP contribution in [0.5, 0.6) is 0 Å². The van der Waals surface area contributed by atoms with E-state index in [0.717, 1.165) is 51.5 Å². The van der Waals surface area contributed by atoms with Gasteiger partial charge in [-0.25, -0.2) is 4.98 Å². The van der Waals surface area contributed by atoms with Crippen LogP contribution in [0.1, 0.15) is 32.3 Å². The van der Waals surface area contributed by atoms with Crippen LogP contribution in [-0.2, 0) is 11.3 Å². The van der Waals surface area contributed by atoms with Crippen molar-refractivity contribution in [2.75, 3.05) is 31.2 Å². The number of rotatable bonds is 6. The SMILES string of the molecule is CCCNCc1ccc(N2CCOCC2CC)nc1. The molecule has 0 amide bonds. The third kappa shape index (κ3) is 3.91. The lowest BCUT2D eigenvalue weighted by Gasteiger charge is -2.36. The van der Waals surface area contributed by atoms with E-state index in [1.165, 1.54) is 5.56 Å². The molecular weight excluding hydrogens is 238 g/mol. The van der Waals surface area contributed by atoms with E-state index in [2.05, 4.69) is 41.2 Å². The normalized spacial score (nSPS) is 19.7. The van der Waals surface area contributed by atoms with E-state index >= 15 is 0 Å². The van der Waals surface area contributed by atoms with Gasteiger partial charge in [-0.3, -0.25) is 0 Å². The van der Waals surface area contributed by atoms with Gasteiger partial charge in [-0.1, -0.05) is 19.9 Å². The van der Waals surface area contributed by atoms with Gasteiger partial charge >= 0.3 is 0 Å². The van der Waals surface area contributed by atoms with Gasteiger partial charge < -0.3 is 15.0 Å². The molecule has 0 radical (unpaired) electrons. The first-order chi connectivity index (χ1) is 9.35. The molecule has 1 atom stereocenters. The fourth-order valence-electron chi connectivity index (χ4n) is 2.40. The number of ether oxygens (including phenoxy) is 1. The van der Waals surface area contributed by atoms with Crippen molar-refractivity contribution in [3.63, 3.8) is 0 Å². The maximum absolute atomic E-state index is 5.53. The summed E-state index contributed by atoms with van der Waals surface area (Å²) in [6.45, 7) is 8.91. The maximum atomic E-state index is 5.53. The summed E-state index contributed by atoms with van der Waals surface area (Å²) in [6.07, 6.45) is 4.25. The topological polar surface area (TPSA) is 37.4 Å². The Labute approximate surface area is 116 Å². The fraction of sp³-hybridized carbons (Fsp3) is 0.667. The third-order valence-corrected chi connectivity index (χ3v) is 3.56. The highest BCUT2D eigenvalue weighted by Crippen LogP contribution is 2.19. The standard InChI is InChI=1S/C15H25N3O/c1-3-7-16-10-13-5-6-15(17-11-13)18-8-9-19-12-14(18)4-2/h5-6,11,14,16H,3-4,7-10,12H2,1-2H3. The molecular formula is C15H25N3O. The summed E-state index contributed by atoms with van der Waals surface area (Å²) in [5.74, 6) is 1.08. The van der Waals surface area contributed by atoms with Crippen LogP contribution in [0.2, 0.25) is 0 Å². The Morgan fingerprint density at radius 2 is 2.32 bits per heavy atom. The minimum atomic E-state index is 0.463. The molecule has 1 aliphatic heterocycles. The van der Waals surface area contributed by atoms with Crippen molar-refractivity contribution in [1.82, 2.24) is 10.3 Å². The molecule has 0 aromatic carbocycles. The fourth-order valence-corrected chi connectivity index (χ4v) is 2.40. The summed E-state index contributed by atoms with van der Waals surface area (Å²) < 4.78 is 5.53. The zero-order chi connectivity index (χ0) is 13.5. The summed E-state index contributed by atoms with van der Waals surface area (Å²) in [6, 6.07) is 4.77. The third-order valence-electron chi connectivity index (χ3n) is 3.56. The molecule has 1 saturated heterocycles. The van der Waals surface area contributed by atoms with Crippen molar-refractivity contribution >= 4 is 5.82 Å². The molecule has 19 heavy (non-hydrogen) atoms. The van der Waals surface area contributed by atoms with Crippen LogP contribution < -0.4 is 10.2 Å². The van der Waals surface area contributed by atoms with E-state index in [4.69, 9.17) is 4.74 Å². The Hall–Kier alpha value is -1.13. The van der Waals surface area contributed by atoms with Gasteiger partial charge in [-0.15, -0.1) is 0 Å². The van der Waals surface area contributed by atoms with Crippen LogP contribution in [0.15, 0.2) is 18.3 Å². The van der Waals surface area contributed by atoms with Gasteiger partial charge in [0.05, 0.1) is 19.3 Å². The number of anilines is 1. The lowest BCUT2D eigenvalue weighted by Crippen LogP contribution is -2.45. The Morgan fingerprint density at radius 3 is 3.00 bits per heavy atom. The average Bonchev–Trinajstić information content (AvgIpc) is 2.48. The molecule has 1 unspecified atom stereocenters. The molecule has 1 fully saturated rings. The zero-order valence-corrected chi connectivity index (χ0v) is 12.1. The number of nitrogens with one attached hydrogen (secondary N) is 1. The number of aromatic nitrogens is 1. The first-order valence-electron chi connectivity index (χ1n) is 7.35. The van der Waals surface area contributed by atoms with E-state index in [0.29, 0.717) is 6.04 Å². The predicted molar refractivity (Wildman–Crippen MR) is 78.5 cm³/mol. The predicted octanol–water partition coefficient (Wildman–Crippen LogP) is 2.20. The highest BCUT2D eigenvalue weighted by molar-refractivity contribution is 5.41. The summed E-state index contributed by atoms with van der Waals surface area (Å²) in [5.41, 5.74) is 1.25. The molecule has 4 heteroatoms. The van der Waals surface area contributed by atoms with Crippen molar-refractivity contribution in [2.45, 2.75) is 39.3 Å². The Balaban J connectivity index is 1.96. The van der Waals surface area contributed by atoms with E-state index < -0.39 is 0 Å². The molecule has 2 heterocycles.